The molecule has 0 fully saturated rings. The van der Waals surface area contributed by atoms with E-state index in [1.165, 1.54) is 11.3 Å². The lowest BCUT2D eigenvalue weighted by Gasteiger charge is -2.29. The molecule has 0 atom stereocenters. The fourth-order valence-electron chi connectivity index (χ4n) is 3.35. The number of hydrogen-bond donors (Lipinski definition) is 0. The molecule has 4 rings (SSSR count). The third kappa shape index (κ3) is 2.55. The first-order valence-electron chi connectivity index (χ1n) is 8.28. The van der Waals surface area contributed by atoms with E-state index in [9.17, 15) is 4.79 Å². The predicted molar refractivity (Wildman–Crippen MR) is 98.1 cm³/mol. The molecule has 1 amide bonds. The lowest BCUT2D eigenvalue weighted by molar-refractivity contribution is 0.0984. The van der Waals surface area contributed by atoms with Gasteiger partial charge in [-0.15, -0.1) is 11.3 Å². The van der Waals surface area contributed by atoms with Gasteiger partial charge in [-0.2, -0.15) is 5.10 Å². The predicted octanol–water partition coefficient (Wildman–Crippen LogP) is 3.38. The number of pyridine rings is 1. The Morgan fingerprint density at radius 3 is 2.76 bits per heavy atom. The van der Waals surface area contributed by atoms with Gasteiger partial charge < -0.3 is 0 Å². The van der Waals surface area contributed by atoms with Crippen molar-refractivity contribution in [1.82, 2.24) is 19.7 Å². The largest absolute Gasteiger partial charge is 0.292 e. The highest BCUT2D eigenvalue weighted by Crippen LogP contribution is 2.38. The van der Waals surface area contributed by atoms with E-state index in [-0.39, 0.29) is 5.91 Å². The smallest absolute Gasteiger partial charge is 0.271 e. The van der Waals surface area contributed by atoms with E-state index in [0.717, 1.165) is 46.9 Å². The van der Waals surface area contributed by atoms with Crippen LogP contribution in [0.5, 0.6) is 0 Å². The molecule has 7 heteroatoms. The summed E-state index contributed by atoms with van der Waals surface area (Å²) in [6, 6.07) is 1.99. The second-order valence-electron chi connectivity index (χ2n) is 6.27. The molecule has 0 radical (unpaired) electrons. The highest BCUT2D eigenvalue weighted by Gasteiger charge is 2.31. The summed E-state index contributed by atoms with van der Waals surface area (Å²) in [5, 5.41) is 4.69. The molecular weight excluding hydrogens is 334 g/mol. The minimum absolute atomic E-state index is 0.00337. The summed E-state index contributed by atoms with van der Waals surface area (Å²) in [5.74, 6) is 0.876. The van der Waals surface area contributed by atoms with E-state index in [2.05, 4.69) is 22.0 Å². The van der Waals surface area contributed by atoms with Crippen LogP contribution in [0.15, 0.2) is 24.0 Å². The summed E-state index contributed by atoms with van der Waals surface area (Å²) in [5.41, 5.74) is 6.58. The number of amides is 1. The van der Waals surface area contributed by atoms with E-state index < -0.39 is 0 Å². The van der Waals surface area contributed by atoms with Gasteiger partial charge in [0.1, 0.15) is 10.7 Å². The molecule has 6 nitrogen and oxygen atoms in total. The number of hydrogen-bond acceptors (Lipinski definition) is 5. The van der Waals surface area contributed by atoms with Crippen molar-refractivity contribution in [2.45, 2.75) is 33.7 Å². The second-order valence-corrected chi connectivity index (χ2v) is 7.13. The minimum Gasteiger partial charge on any atom is -0.292 e. The monoisotopic (exact) mass is 353 g/mol. The standard InChI is InChI=1S/C18H19N5OS/c1-11-5-6-19-9-14(11)15-12(2)21-23-8-4-7-22(17(15)23)18(24)16-13(3)20-10-25-16/h5-6,9-10H,4,7-8H2,1-3H3. The lowest BCUT2D eigenvalue weighted by atomic mass is 10.0. The molecule has 1 aliphatic heterocycles. The first-order chi connectivity index (χ1) is 12.1. The summed E-state index contributed by atoms with van der Waals surface area (Å²) < 4.78 is 1.95. The highest BCUT2D eigenvalue weighted by atomic mass is 32.1. The Hall–Kier alpha value is -2.54. The molecule has 0 saturated heterocycles. The van der Waals surface area contributed by atoms with Crippen molar-refractivity contribution in [3.05, 3.63) is 45.8 Å². The molecule has 128 valence electrons. The van der Waals surface area contributed by atoms with Crippen LogP contribution in [0.1, 0.15) is 33.0 Å². The molecule has 1 aliphatic rings. The van der Waals surface area contributed by atoms with Crippen LogP contribution < -0.4 is 4.90 Å². The van der Waals surface area contributed by atoms with Crippen LogP contribution >= 0.6 is 11.3 Å². The van der Waals surface area contributed by atoms with Crippen molar-refractivity contribution in [3.63, 3.8) is 0 Å². The number of carbonyl (C=O) groups is 1. The SMILES string of the molecule is Cc1ccncc1-c1c(C)nn2c1N(C(=O)c1scnc1C)CCC2. The van der Waals surface area contributed by atoms with Crippen molar-refractivity contribution >= 4 is 23.1 Å². The summed E-state index contributed by atoms with van der Waals surface area (Å²) in [7, 11) is 0. The first-order valence-corrected chi connectivity index (χ1v) is 9.16. The number of rotatable bonds is 2. The second kappa shape index (κ2) is 6.07. The van der Waals surface area contributed by atoms with Crippen LogP contribution in [0.3, 0.4) is 0 Å². The molecule has 0 bridgehead atoms. The third-order valence-corrected chi connectivity index (χ3v) is 5.52. The van der Waals surface area contributed by atoms with Crippen molar-refractivity contribution < 1.29 is 4.79 Å². The van der Waals surface area contributed by atoms with E-state index in [0.29, 0.717) is 11.4 Å². The van der Waals surface area contributed by atoms with Gasteiger partial charge >= 0.3 is 0 Å². The van der Waals surface area contributed by atoms with Gasteiger partial charge in [-0.05, 0) is 38.8 Å². The fourth-order valence-corrected chi connectivity index (χ4v) is 4.10. The van der Waals surface area contributed by atoms with Gasteiger partial charge in [0.15, 0.2) is 0 Å². The molecule has 4 heterocycles. The van der Waals surface area contributed by atoms with Gasteiger partial charge in [-0.25, -0.2) is 9.67 Å². The molecule has 0 aromatic carbocycles. The van der Waals surface area contributed by atoms with E-state index in [4.69, 9.17) is 0 Å². The van der Waals surface area contributed by atoms with Gasteiger partial charge in [0.05, 0.1) is 16.9 Å². The Labute approximate surface area is 150 Å². The number of nitrogens with zero attached hydrogens (tertiary/aromatic N) is 5. The number of anilines is 1. The Kier molecular flexibility index (Phi) is 3.88. The van der Waals surface area contributed by atoms with E-state index in [1.54, 1.807) is 11.7 Å². The van der Waals surface area contributed by atoms with Gasteiger partial charge in [-0.1, -0.05) is 0 Å². The minimum atomic E-state index is 0.00337. The molecule has 0 unspecified atom stereocenters. The average molecular weight is 353 g/mol. The highest BCUT2D eigenvalue weighted by molar-refractivity contribution is 7.12. The van der Waals surface area contributed by atoms with Crippen LogP contribution in [0.4, 0.5) is 5.82 Å². The number of aryl methyl sites for hydroxylation is 4. The Bertz CT molecular complexity index is 958. The van der Waals surface area contributed by atoms with Crippen molar-refractivity contribution in [3.8, 4) is 11.1 Å². The number of fused-ring (bicyclic) bond motifs is 1. The summed E-state index contributed by atoms with van der Waals surface area (Å²) in [4.78, 5) is 24.2. The van der Waals surface area contributed by atoms with Gasteiger partial charge in [0, 0.05) is 36.6 Å². The molecule has 0 spiro atoms. The maximum atomic E-state index is 13.2. The van der Waals surface area contributed by atoms with Crippen LogP contribution in [0, 0.1) is 20.8 Å². The van der Waals surface area contributed by atoms with Crippen molar-refractivity contribution in [2.75, 3.05) is 11.4 Å². The van der Waals surface area contributed by atoms with Crippen LogP contribution in [-0.2, 0) is 6.54 Å². The summed E-state index contributed by atoms with van der Waals surface area (Å²) in [6.45, 7) is 7.44. The zero-order chi connectivity index (χ0) is 17.6. The Morgan fingerprint density at radius 1 is 1.20 bits per heavy atom. The molecule has 0 aliphatic carbocycles. The molecule has 0 saturated carbocycles. The number of thiazole rings is 1. The van der Waals surface area contributed by atoms with E-state index in [1.807, 2.05) is 35.7 Å². The maximum Gasteiger partial charge on any atom is 0.271 e. The van der Waals surface area contributed by atoms with Crippen molar-refractivity contribution in [1.29, 1.82) is 0 Å². The van der Waals surface area contributed by atoms with Crippen molar-refractivity contribution in [2.24, 2.45) is 0 Å². The van der Waals surface area contributed by atoms with Crippen LogP contribution in [-0.4, -0.2) is 32.2 Å². The molecule has 0 N–H and O–H groups in total. The molecule has 25 heavy (non-hydrogen) atoms. The molecule has 3 aromatic heterocycles. The number of aromatic nitrogens is 4. The first kappa shape index (κ1) is 16.0. The Morgan fingerprint density at radius 2 is 2.04 bits per heavy atom. The maximum absolute atomic E-state index is 13.2. The summed E-state index contributed by atoms with van der Waals surface area (Å²) >= 11 is 1.39. The summed E-state index contributed by atoms with van der Waals surface area (Å²) in [6.07, 6.45) is 4.53. The number of carbonyl (C=O) groups excluding carboxylic acids is 1. The lowest BCUT2D eigenvalue weighted by Crippen LogP contribution is -2.37. The van der Waals surface area contributed by atoms with Gasteiger partial charge in [0.2, 0.25) is 0 Å². The van der Waals surface area contributed by atoms with Crippen LogP contribution in [0.2, 0.25) is 0 Å². The fraction of sp³-hybridized carbons (Fsp3) is 0.333. The van der Waals surface area contributed by atoms with Crippen LogP contribution in [0.25, 0.3) is 11.1 Å². The molecule has 3 aromatic rings. The third-order valence-electron chi connectivity index (χ3n) is 4.60. The van der Waals surface area contributed by atoms with Gasteiger partial charge in [0.25, 0.3) is 5.91 Å². The van der Waals surface area contributed by atoms with E-state index >= 15 is 0 Å². The zero-order valence-electron chi connectivity index (χ0n) is 14.5. The quantitative estimate of drug-likeness (QED) is 0.708. The zero-order valence-corrected chi connectivity index (χ0v) is 15.3. The Balaban J connectivity index is 1.88. The average Bonchev–Trinajstić information content (AvgIpc) is 3.17. The van der Waals surface area contributed by atoms with Gasteiger partial charge in [-0.3, -0.25) is 14.7 Å². The molecular formula is C18H19N5OS. The normalized spacial score (nSPS) is 13.8. The topological polar surface area (TPSA) is 63.9 Å².